The quantitative estimate of drug-likeness (QED) is 0.891. The fourth-order valence-corrected chi connectivity index (χ4v) is 1.67. The number of nitrogens with zero attached hydrogens (tertiary/aromatic N) is 1. The summed E-state index contributed by atoms with van der Waals surface area (Å²) in [6.45, 7) is 0.0850. The van der Waals surface area contributed by atoms with Crippen LogP contribution in [0, 0.1) is 23.0 Å². The lowest BCUT2D eigenvalue weighted by Crippen LogP contribution is -2.03. The van der Waals surface area contributed by atoms with Gasteiger partial charge in [-0.2, -0.15) is 5.26 Å². The Labute approximate surface area is 108 Å². The predicted molar refractivity (Wildman–Crippen MR) is 66.5 cm³/mol. The largest absolute Gasteiger partial charge is 0.508 e. The highest BCUT2D eigenvalue weighted by molar-refractivity contribution is 5.58. The highest BCUT2D eigenvalue weighted by Crippen LogP contribution is 2.22. The molecular weight excluding hydrogens is 250 g/mol. The van der Waals surface area contributed by atoms with Crippen LogP contribution in [-0.2, 0) is 6.54 Å². The minimum absolute atomic E-state index is 0.0659. The van der Waals surface area contributed by atoms with Crippen molar-refractivity contribution in [3.63, 3.8) is 0 Å². The zero-order valence-corrected chi connectivity index (χ0v) is 9.82. The van der Waals surface area contributed by atoms with Crippen molar-refractivity contribution >= 4 is 5.69 Å². The topological polar surface area (TPSA) is 56.0 Å². The van der Waals surface area contributed by atoms with E-state index in [2.05, 4.69) is 5.32 Å². The Hall–Kier alpha value is -2.61. The summed E-state index contributed by atoms with van der Waals surface area (Å²) in [5.74, 6) is -1.17. The second-order valence-corrected chi connectivity index (χ2v) is 3.90. The van der Waals surface area contributed by atoms with Gasteiger partial charge in [0.15, 0.2) is 0 Å². The molecule has 2 aromatic carbocycles. The van der Waals surface area contributed by atoms with E-state index < -0.39 is 11.6 Å². The fraction of sp³-hybridized carbons (Fsp3) is 0.0714. The van der Waals surface area contributed by atoms with E-state index in [1.807, 2.05) is 0 Å². The molecule has 0 bridgehead atoms. The lowest BCUT2D eigenvalue weighted by atomic mass is 10.1. The molecule has 0 unspecified atom stereocenters. The highest BCUT2D eigenvalue weighted by Gasteiger charge is 2.08. The van der Waals surface area contributed by atoms with E-state index in [0.29, 0.717) is 11.3 Å². The second kappa shape index (κ2) is 5.36. The first-order chi connectivity index (χ1) is 9.11. The Morgan fingerprint density at radius 2 is 2.00 bits per heavy atom. The Bertz CT molecular complexity index is 650. The summed E-state index contributed by atoms with van der Waals surface area (Å²) in [7, 11) is 0. The molecule has 19 heavy (non-hydrogen) atoms. The minimum atomic E-state index is -0.629. The molecule has 0 saturated carbocycles. The molecule has 0 fully saturated rings. The van der Waals surface area contributed by atoms with Crippen LogP contribution in [0.4, 0.5) is 14.5 Å². The number of rotatable bonds is 3. The fourth-order valence-electron chi connectivity index (χ4n) is 1.67. The zero-order chi connectivity index (χ0) is 13.8. The van der Waals surface area contributed by atoms with Gasteiger partial charge in [-0.1, -0.05) is 6.07 Å². The third-order valence-corrected chi connectivity index (χ3v) is 2.64. The number of phenolic OH excluding ortho intramolecular Hbond substituents is 1. The summed E-state index contributed by atoms with van der Waals surface area (Å²) < 4.78 is 26.4. The summed E-state index contributed by atoms with van der Waals surface area (Å²) in [5, 5.41) is 21.2. The van der Waals surface area contributed by atoms with Gasteiger partial charge in [0.05, 0.1) is 5.69 Å². The van der Waals surface area contributed by atoms with Crippen molar-refractivity contribution in [1.29, 1.82) is 5.26 Å². The third kappa shape index (κ3) is 2.80. The molecule has 0 atom stereocenters. The number of nitriles is 1. The van der Waals surface area contributed by atoms with E-state index in [-0.39, 0.29) is 17.9 Å². The molecule has 2 rings (SSSR count). The molecule has 3 nitrogen and oxygen atoms in total. The highest BCUT2D eigenvalue weighted by atomic mass is 19.1. The van der Waals surface area contributed by atoms with Crippen LogP contribution in [0.25, 0.3) is 0 Å². The van der Waals surface area contributed by atoms with Gasteiger partial charge in [-0.3, -0.25) is 0 Å². The summed E-state index contributed by atoms with van der Waals surface area (Å²) >= 11 is 0. The smallest absolute Gasteiger partial charge is 0.143 e. The average molecular weight is 260 g/mol. The van der Waals surface area contributed by atoms with Crippen LogP contribution in [0.3, 0.4) is 0 Å². The first-order valence-electron chi connectivity index (χ1n) is 5.51. The van der Waals surface area contributed by atoms with Crippen LogP contribution in [-0.4, -0.2) is 5.11 Å². The van der Waals surface area contributed by atoms with Crippen molar-refractivity contribution in [2.45, 2.75) is 6.54 Å². The third-order valence-electron chi connectivity index (χ3n) is 2.64. The summed E-state index contributed by atoms with van der Waals surface area (Å²) in [6, 6.07) is 9.49. The van der Waals surface area contributed by atoms with Gasteiger partial charge in [-0.15, -0.1) is 0 Å². The molecule has 0 aromatic heterocycles. The molecule has 96 valence electrons. The Balaban J connectivity index is 2.22. The maximum absolute atomic E-state index is 13.3. The predicted octanol–water partition coefficient (Wildman–Crippen LogP) is 3.15. The molecule has 0 aliphatic rings. The molecule has 0 amide bonds. The van der Waals surface area contributed by atoms with Gasteiger partial charge in [0.2, 0.25) is 0 Å². The van der Waals surface area contributed by atoms with Crippen molar-refractivity contribution in [2.24, 2.45) is 0 Å². The van der Waals surface area contributed by atoms with Crippen molar-refractivity contribution in [3.8, 4) is 11.8 Å². The Morgan fingerprint density at radius 3 is 2.74 bits per heavy atom. The van der Waals surface area contributed by atoms with Crippen molar-refractivity contribution < 1.29 is 13.9 Å². The van der Waals surface area contributed by atoms with Gasteiger partial charge >= 0.3 is 0 Å². The number of halogens is 2. The molecule has 2 N–H and O–H groups in total. The summed E-state index contributed by atoms with van der Waals surface area (Å²) in [4.78, 5) is 0. The van der Waals surface area contributed by atoms with Crippen LogP contribution in [0.1, 0.15) is 11.1 Å². The first kappa shape index (κ1) is 12.8. The maximum atomic E-state index is 13.3. The molecule has 5 heteroatoms. The van der Waals surface area contributed by atoms with Crippen molar-refractivity contribution in [3.05, 3.63) is 59.2 Å². The molecular formula is C14H10F2N2O. The van der Waals surface area contributed by atoms with Gasteiger partial charge in [-0.05, 0) is 30.3 Å². The van der Waals surface area contributed by atoms with E-state index in [1.165, 1.54) is 30.3 Å². The lowest BCUT2D eigenvalue weighted by Gasteiger charge is -2.10. The van der Waals surface area contributed by atoms with E-state index in [4.69, 9.17) is 5.26 Å². The van der Waals surface area contributed by atoms with Crippen LogP contribution >= 0.6 is 0 Å². The SMILES string of the molecule is N#Cc1c(F)cccc1NCc1cc(F)ccc1O. The zero-order valence-electron chi connectivity index (χ0n) is 9.82. The standard InChI is InChI=1S/C14H10F2N2O/c15-10-4-5-14(19)9(6-10)8-18-13-3-1-2-12(16)11(13)7-17/h1-6,18-19H,8H2. The van der Waals surface area contributed by atoms with Crippen LogP contribution in [0.5, 0.6) is 5.75 Å². The lowest BCUT2D eigenvalue weighted by molar-refractivity contribution is 0.466. The number of hydrogen-bond donors (Lipinski definition) is 2. The van der Waals surface area contributed by atoms with Crippen LogP contribution in [0.2, 0.25) is 0 Å². The molecule has 0 spiro atoms. The van der Waals surface area contributed by atoms with Crippen LogP contribution < -0.4 is 5.32 Å². The normalized spacial score (nSPS) is 9.95. The van der Waals surface area contributed by atoms with E-state index in [9.17, 15) is 13.9 Å². The second-order valence-electron chi connectivity index (χ2n) is 3.90. The molecule has 2 aromatic rings. The Kier molecular flexibility index (Phi) is 3.62. The Morgan fingerprint density at radius 1 is 1.21 bits per heavy atom. The van der Waals surface area contributed by atoms with Gasteiger partial charge in [-0.25, -0.2) is 8.78 Å². The number of anilines is 1. The van der Waals surface area contributed by atoms with E-state index >= 15 is 0 Å². The average Bonchev–Trinajstić information content (AvgIpc) is 2.40. The molecule has 0 heterocycles. The molecule has 0 radical (unpaired) electrons. The van der Waals surface area contributed by atoms with Gasteiger partial charge in [0, 0.05) is 12.1 Å². The van der Waals surface area contributed by atoms with Gasteiger partial charge < -0.3 is 10.4 Å². The summed E-state index contributed by atoms with van der Waals surface area (Å²) in [6.07, 6.45) is 0. The molecule has 0 saturated heterocycles. The molecule has 0 aliphatic carbocycles. The number of phenols is 1. The number of aromatic hydroxyl groups is 1. The van der Waals surface area contributed by atoms with Crippen molar-refractivity contribution in [1.82, 2.24) is 0 Å². The van der Waals surface area contributed by atoms with Gasteiger partial charge in [0.1, 0.15) is 29.0 Å². The maximum Gasteiger partial charge on any atom is 0.143 e. The van der Waals surface area contributed by atoms with Crippen molar-refractivity contribution in [2.75, 3.05) is 5.32 Å². The van der Waals surface area contributed by atoms with Gasteiger partial charge in [0.25, 0.3) is 0 Å². The monoisotopic (exact) mass is 260 g/mol. The van der Waals surface area contributed by atoms with Crippen LogP contribution in [0.15, 0.2) is 36.4 Å². The number of nitrogens with one attached hydrogen (secondary N) is 1. The number of hydrogen-bond acceptors (Lipinski definition) is 3. The summed E-state index contributed by atoms with van der Waals surface area (Å²) in [5.41, 5.74) is 0.512. The van der Waals surface area contributed by atoms with E-state index in [0.717, 1.165) is 6.07 Å². The first-order valence-corrected chi connectivity index (χ1v) is 5.51. The number of benzene rings is 2. The molecule has 0 aliphatic heterocycles. The van der Waals surface area contributed by atoms with E-state index in [1.54, 1.807) is 6.07 Å². The minimum Gasteiger partial charge on any atom is -0.508 e.